The summed E-state index contributed by atoms with van der Waals surface area (Å²) in [5.41, 5.74) is 0.904. The highest BCUT2D eigenvalue weighted by atomic mass is 16.4. The molecule has 0 saturated carbocycles. The van der Waals surface area contributed by atoms with E-state index < -0.39 is 11.5 Å². The molecule has 0 spiro atoms. The van der Waals surface area contributed by atoms with Gasteiger partial charge in [-0.25, -0.2) is 4.68 Å². The van der Waals surface area contributed by atoms with E-state index in [9.17, 15) is 9.90 Å². The molecule has 0 fully saturated rings. The number of hydrogen-bond acceptors (Lipinski definition) is 3. The molecule has 5 heteroatoms. The lowest BCUT2D eigenvalue weighted by molar-refractivity contribution is -0.148. The summed E-state index contributed by atoms with van der Waals surface area (Å²) in [6, 6.07) is 11.7. The maximum absolute atomic E-state index is 11.2. The van der Waals surface area contributed by atoms with Crippen LogP contribution in [0.15, 0.2) is 42.6 Å². The third-order valence-corrected chi connectivity index (χ3v) is 3.54. The molecule has 2 rings (SSSR count). The Labute approximate surface area is 118 Å². The molecule has 106 valence electrons. The fourth-order valence-electron chi connectivity index (χ4n) is 1.77. The standard InChI is InChI=1S/C15H19N3O2/c1-15(2,14(19)20)17(3)11-12-9-10-18(16-12)13-7-5-4-6-8-13/h4-10H,11H2,1-3H3,(H,19,20). The van der Waals surface area contributed by atoms with Crippen molar-refractivity contribution in [3.8, 4) is 5.69 Å². The monoisotopic (exact) mass is 273 g/mol. The van der Waals surface area contributed by atoms with Crippen molar-refractivity contribution in [3.05, 3.63) is 48.3 Å². The van der Waals surface area contributed by atoms with Crippen LogP contribution in [0.2, 0.25) is 0 Å². The lowest BCUT2D eigenvalue weighted by atomic mass is 10.0. The van der Waals surface area contributed by atoms with Crippen molar-refractivity contribution in [2.24, 2.45) is 0 Å². The van der Waals surface area contributed by atoms with Gasteiger partial charge in [-0.15, -0.1) is 0 Å². The van der Waals surface area contributed by atoms with Crippen LogP contribution in [0.1, 0.15) is 19.5 Å². The largest absolute Gasteiger partial charge is 0.480 e. The zero-order valence-electron chi connectivity index (χ0n) is 11.9. The maximum atomic E-state index is 11.2. The molecule has 20 heavy (non-hydrogen) atoms. The summed E-state index contributed by atoms with van der Waals surface area (Å²) in [6.45, 7) is 3.85. The molecule has 1 N–H and O–H groups in total. The van der Waals surface area contributed by atoms with E-state index in [0.29, 0.717) is 6.54 Å². The zero-order chi connectivity index (χ0) is 14.8. The summed E-state index contributed by atoms with van der Waals surface area (Å²) < 4.78 is 1.79. The Bertz CT molecular complexity index is 590. The lowest BCUT2D eigenvalue weighted by Gasteiger charge is -2.30. The average molecular weight is 273 g/mol. The van der Waals surface area contributed by atoms with E-state index >= 15 is 0 Å². The summed E-state index contributed by atoms with van der Waals surface area (Å²) in [4.78, 5) is 13.0. The summed E-state index contributed by atoms with van der Waals surface area (Å²) in [6.07, 6.45) is 1.88. The summed E-state index contributed by atoms with van der Waals surface area (Å²) in [5, 5.41) is 13.7. The average Bonchev–Trinajstić information content (AvgIpc) is 2.88. The van der Waals surface area contributed by atoms with Crippen molar-refractivity contribution in [2.75, 3.05) is 7.05 Å². The third kappa shape index (κ3) is 2.88. The number of para-hydroxylation sites is 1. The van der Waals surface area contributed by atoms with Gasteiger partial charge in [0, 0.05) is 12.7 Å². The van der Waals surface area contributed by atoms with Crippen molar-refractivity contribution in [2.45, 2.75) is 25.9 Å². The number of carboxylic acids is 1. The fourth-order valence-corrected chi connectivity index (χ4v) is 1.77. The number of nitrogens with zero attached hydrogens (tertiary/aromatic N) is 3. The van der Waals surface area contributed by atoms with E-state index in [1.165, 1.54) is 0 Å². The number of likely N-dealkylation sites (N-methyl/N-ethyl adjacent to an activating group) is 1. The first-order chi connectivity index (χ1) is 9.41. The summed E-state index contributed by atoms with van der Waals surface area (Å²) in [7, 11) is 1.79. The van der Waals surface area contributed by atoms with Gasteiger partial charge in [-0.05, 0) is 39.1 Å². The van der Waals surface area contributed by atoms with Crippen LogP contribution in [-0.4, -0.2) is 38.3 Å². The van der Waals surface area contributed by atoms with E-state index in [1.54, 1.807) is 30.5 Å². The topological polar surface area (TPSA) is 58.4 Å². The number of carboxylic acid groups (broad SMARTS) is 1. The Kier molecular flexibility index (Phi) is 3.90. The second-order valence-electron chi connectivity index (χ2n) is 5.31. The van der Waals surface area contributed by atoms with Gasteiger partial charge in [0.15, 0.2) is 0 Å². The van der Waals surface area contributed by atoms with E-state index in [-0.39, 0.29) is 0 Å². The number of carbonyl (C=O) groups is 1. The van der Waals surface area contributed by atoms with Gasteiger partial charge in [-0.3, -0.25) is 9.69 Å². The van der Waals surface area contributed by atoms with Crippen molar-refractivity contribution in [3.63, 3.8) is 0 Å². The van der Waals surface area contributed by atoms with Gasteiger partial charge in [0.1, 0.15) is 5.54 Å². The SMILES string of the molecule is CN(Cc1ccn(-c2ccccc2)n1)C(C)(C)C(=O)O. The molecule has 1 aromatic carbocycles. The molecule has 0 saturated heterocycles. The molecule has 0 bridgehead atoms. The second kappa shape index (κ2) is 5.46. The minimum atomic E-state index is -0.920. The van der Waals surface area contributed by atoms with Gasteiger partial charge >= 0.3 is 5.97 Å². The molecule has 0 aliphatic heterocycles. The smallest absolute Gasteiger partial charge is 0.323 e. The highest BCUT2D eigenvalue weighted by Crippen LogP contribution is 2.16. The number of hydrogen-bond donors (Lipinski definition) is 1. The lowest BCUT2D eigenvalue weighted by Crippen LogP contribution is -2.47. The number of aromatic nitrogens is 2. The van der Waals surface area contributed by atoms with Crippen molar-refractivity contribution < 1.29 is 9.90 Å². The van der Waals surface area contributed by atoms with Crippen LogP contribution in [0.4, 0.5) is 0 Å². The van der Waals surface area contributed by atoms with Gasteiger partial charge in [-0.2, -0.15) is 5.10 Å². The first kappa shape index (κ1) is 14.3. The Morgan fingerprint density at radius 3 is 2.55 bits per heavy atom. The molecule has 5 nitrogen and oxygen atoms in total. The highest BCUT2D eigenvalue weighted by Gasteiger charge is 2.32. The third-order valence-electron chi connectivity index (χ3n) is 3.54. The minimum Gasteiger partial charge on any atom is -0.480 e. The molecule has 1 heterocycles. The molecule has 0 radical (unpaired) electrons. The van der Waals surface area contributed by atoms with Crippen LogP contribution in [0.3, 0.4) is 0 Å². The molecular weight excluding hydrogens is 254 g/mol. The van der Waals surface area contributed by atoms with Crippen LogP contribution in [-0.2, 0) is 11.3 Å². The molecular formula is C15H19N3O2. The first-order valence-corrected chi connectivity index (χ1v) is 6.46. The molecule has 0 aliphatic carbocycles. The molecule has 2 aromatic rings. The van der Waals surface area contributed by atoms with Crippen LogP contribution in [0.25, 0.3) is 5.69 Å². The van der Waals surface area contributed by atoms with Crippen molar-refractivity contribution in [1.29, 1.82) is 0 Å². The van der Waals surface area contributed by atoms with Gasteiger partial charge in [0.2, 0.25) is 0 Å². The summed E-state index contributed by atoms with van der Waals surface area (Å²) >= 11 is 0. The number of benzene rings is 1. The Balaban J connectivity index is 2.13. The maximum Gasteiger partial charge on any atom is 0.323 e. The van der Waals surface area contributed by atoms with E-state index in [1.807, 2.05) is 42.6 Å². The van der Waals surface area contributed by atoms with E-state index in [2.05, 4.69) is 5.10 Å². The number of rotatable bonds is 5. The van der Waals surface area contributed by atoms with Crippen LogP contribution in [0.5, 0.6) is 0 Å². The van der Waals surface area contributed by atoms with Gasteiger partial charge in [0.05, 0.1) is 11.4 Å². The predicted octanol–water partition coefficient (Wildman–Crippen LogP) is 2.17. The van der Waals surface area contributed by atoms with E-state index in [4.69, 9.17) is 0 Å². The van der Waals surface area contributed by atoms with Gasteiger partial charge in [0.25, 0.3) is 0 Å². The molecule has 0 amide bonds. The minimum absolute atomic E-state index is 0.485. The van der Waals surface area contributed by atoms with Crippen molar-refractivity contribution >= 4 is 5.97 Å². The molecule has 0 aliphatic rings. The Hall–Kier alpha value is -2.14. The molecule has 0 unspecified atom stereocenters. The first-order valence-electron chi connectivity index (χ1n) is 6.46. The number of aliphatic carboxylic acids is 1. The Morgan fingerprint density at radius 1 is 1.30 bits per heavy atom. The van der Waals surface area contributed by atoms with Gasteiger partial charge in [-0.1, -0.05) is 18.2 Å². The van der Waals surface area contributed by atoms with Crippen LogP contribution < -0.4 is 0 Å². The van der Waals surface area contributed by atoms with Gasteiger partial charge < -0.3 is 5.11 Å². The Morgan fingerprint density at radius 2 is 1.95 bits per heavy atom. The van der Waals surface area contributed by atoms with Crippen LogP contribution in [0, 0.1) is 0 Å². The van der Waals surface area contributed by atoms with Crippen molar-refractivity contribution in [1.82, 2.24) is 14.7 Å². The zero-order valence-corrected chi connectivity index (χ0v) is 11.9. The fraction of sp³-hybridized carbons (Fsp3) is 0.333. The van der Waals surface area contributed by atoms with E-state index in [0.717, 1.165) is 11.4 Å². The van der Waals surface area contributed by atoms with Crippen LogP contribution >= 0.6 is 0 Å². The molecule has 0 atom stereocenters. The quantitative estimate of drug-likeness (QED) is 0.907. The highest BCUT2D eigenvalue weighted by molar-refractivity contribution is 5.77. The second-order valence-corrected chi connectivity index (χ2v) is 5.31. The normalized spacial score (nSPS) is 11.8. The summed E-state index contributed by atoms with van der Waals surface area (Å²) in [5.74, 6) is -0.845. The predicted molar refractivity (Wildman–Crippen MR) is 76.7 cm³/mol. The molecule has 1 aromatic heterocycles.